The first-order chi connectivity index (χ1) is 14.1. The number of carbonyl (C=O) groups is 3. The molecule has 29 heavy (non-hydrogen) atoms. The number of hydrogen-bond acceptors (Lipinski definition) is 4. The van der Waals surface area contributed by atoms with E-state index in [1.807, 2.05) is 48.5 Å². The maximum Gasteiger partial charge on any atom is 0.308 e. The summed E-state index contributed by atoms with van der Waals surface area (Å²) < 4.78 is 5.83. The van der Waals surface area contributed by atoms with Crippen molar-refractivity contribution in [3.05, 3.63) is 59.7 Å². The SMILES string of the molecule is O=C(CCN1C(=O)[C@@H]2CCCC[C@H]2C1=O)OC1c2ccccc2-c2ccccc21. The van der Waals surface area contributed by atoms with Crippen molar-refractivity contribution in [2.45, 2.75) is 38.2 Å². The van der Waals surface area contributed by atoms with Crippen molar-refractivity contribution in [1.82, 2.24) is 4.90 Å². The number of hydrogen-bond donors (Lipinski definition) is 0. The average Bonchev–Trinajstić information content (AvgIpc) is 3.20. The molecule has 5 heteroatoms. The van der Waals surface area contributed by atoms with E-state index in [0.717, 1.165) is 47.9 Å². The number of imide groups is 1. The number of nitrogens with zero attached hydrogens (tertiary/aromatic N) is 1. The predicted molar refractivity (Wildman–Crippen MR) is 107 cm³/mol. The minimum Gasteiger partial charge on any atom is -0.452 e. The summed E-state index contributed by atoms with van der Waals surface area (Å²) in [6, 6.07) is 15.9. The maximum atomic E-state index is 12.6. The van der Waals surface area contributed by atoms with E-state index >= 15 is 0 Å². The minimum atomic E-state index is -0.442. The van der Waals surface area contributed by atoms with Gasteiger partial charge in [0.1, 0.15) is 0 Å². The third-order valence-corrected chi connectivity index (χ3v) is 6.50. The zero-order valence-corrected chi connectivity index (χ0v) is 16.2. The van der Waals surface area contributed by atoms with E-state index in [2.05, 4.69) is 0 Å². The third-order valence-electron chi connectivity index (χ3n) is 6.50. The molecule has 148 valence electrons. The van der Waals surface area contributed by atoms with Crippen molar-refractivity contribution in [3.63, 3.8) is 0 Å². The molecule has 2 fully saturated rings. The van der Waals surface area contributed by atoms with E-state index in [4.69, 9.17) is 4.74 Å². The summed E-state index contributed by atoms with van der Waals surface area (Å²) in [7, 11) is 0. The molecule has 0 bridgehead atoms. The van der Waals surface area contributed by atoms with Crippen molar-refractivity contribution >= 4 is 17.8 Å². The van der Waals surface area contributed by atoms with Crippen LogP contribution in [0.5, 0.6) is 0 Å². The molecule has 2 aromatic rings. The molecule has 2 aliphatic carbocycles. The predicted octanol–water partition coefficient (Wildman–Crippen LogP) is 3.86. The zero-order chi connectivity index (χ0) is 20.0. The Morgan fingerprint density at radius 2 is 1.38 bits per heavy atom. The van der Waals surface area contributed by atoms with Crippen molar-refractivity contribution in [1.29, 1.82) is 0 Å². The number of ether oxygens (including phenoxy) is 1. The van der Waals surface area contributed by atoms with Gasteiger partial charge < -0.3 is 4.74 Å². The van der Waals surface area contributed by atoms with Gasteiger partial charge in [-0.15, -0.1) is 0 Å². The second-order valence-corrected chi connectivity index (χ2v) is 8.12. The van der Waals surface area contributed by atoms with Gasteiger partial charge >= 0.3 is 5.97 Å². The van der Waals surface area contributed by atoms with E-state index < -0.39 is 12.1 Å². The lowest BCUT2D eigenvalue weighted by atomic mass is 9.81. The summed E-state index contributed by atoms with van der Waals surface area (Å²) >= 11 is 0. The van der Waals surface area contributed by atoms with Crippen molar-refractivity contribution < 1.29 is 19.1 Å². The molecule has 2 atom stereocenters. The molecule has 5 nitrogen and oxygen atoms in total. The molecule has 5 rings (SSSR count). The molecule has 0 N–H and O–H groups in total. The Balaban J connectivity index is 1.28. The second-order valence-electron chi connectivity index (χ2n) is 8.12. The van der Waals surface area contributed by atoms with Gasteiger partial charge in [0.2, 0.25) is 11.8 Å². The highest BCUT2D eigenvalue weighted by Crippen LogP contribution is 2.45. The first-order valence-electron chi connectivity index (χ1n) is 10.4. The molecular weight excluding hydrogens is 366 g/mol. The van der Waals surface area contributed by atoms with Gasteiger partial charge in [0.15, 0.2) is 6.10 Å². The van der Waals surface area contributed by atoms with E-state index in [-0.39, 0.29) is 36.6 Å². The van der Waals surface area contributed by atoms with E-state index in [9.17, 15) is 14.4 Å². The van der Waals surface area contributed by atoms with Crippen molar-refractivity contribution in [2.24, 2.45) is 11.8 Å². The molecule has 1 saturated heterocycles. The quantitative estimate of drug-likeness (QED) is 0.588. The van der Waals surface area contributed by atoms with Gasteiger partial charge in [0, 0.05) is 17.7 Å². The number of likely N-dealkylation sites (tertiary alicyclic amines) is 1. The molecule has 1 aliphatic heterocycles. The highest BCUT2D eigenvalue weighted by molar-refractivity contribution is 6.05. The second kappa shape index (κ2) is 7.14. The minimum absolute atomic E-state index is 0.0255. The molecule has 0 unspecified atom stereocenters. The highest BCUT2D eigenvalue weighted by atomic mass is 16.5. The molecule has 0 spiro atoms. The van der Waals surface area contributed by atoms with Crippen LogP contribution in [0, 0.1) is 11.8 Å². The van der Waals surface area contributed by atoms with Crippen LogP contribution in [0.15, 0.2) is 48.5 Å². The number of rotatable bonds is 4. The first kappa shape index (κ1) is 18.1. The summed E-state index contributed by atoms with van der Waals surface area (Å²) in [5, 5.41) is 0. The monoisotopic (exact) mass is 389 g/mol. The van der Waals surface area contributed by atoms with Gasteiger partial charge in [-0.25, -0.2) is 0 Å². The highest BCUT2D eigenvalue weighted by Gasteiger charge is 2.48. The lowest BCUT2D eigenvalue weighted by Crippen LogP contribution is -2.33. The fourth-order valence-corrected chi connectivity index (χ4v) is 5.08. The number of amides is 2. The molecule has 3 aliphatic rings. The topological polar surface area (TPSA) is 63.7 Å². The Morgan fingerprint density at radius 1 is 0.862 bits per heavy atom. The van der Waals surface area contributed by atoms with Crippen LogP contribution in [0.1, 0.15) is 49.3 Å². The Morgan fingerprint density at radius 3 is 1.93 bits per heavy atom. The molecule has 1 heterocycles. The van der Waals surface area contributed by atoms with E-state index in [1.165, 1.54) is 4.90 Å². The van der Waals surface area contributed by atoms with Crippen LogP contribution in [0.2, 0.25) is 0 Å². The third kappa shape index (κ3) is 2.96. The fourth-order valence-electron chi connectivity index (χ4n) is 5.08. The number of esters is 1. The van der Waals surface area contributed by atoms with Crippen LogP contribution < -0.4 is 0 Å². The van der Waals surface area contributed by atoms with Gasteiger partial charge in [-0.2, -0.15) is 0 Å². The van der Waals surface area contributed by atoms with Gasteiger partial charge in [-0.05, 0) is 24.0 Å². The summed E-state index contributed by atoms with van der Waals surface area (Å²) in [5.74, 6) is -0.966. The number of carbonyl (C=O) groups excluding carboxylic acids is 3. The molecule has 2 aromatic carbocycles. The van der Waals surface area contributed by atoms with Gasteiger partial charge in [0.25, 0.3) is 0 Å². The average molecular weight is 389 g/mol. The molecule has 0 aromatic heterocycles. The standard InChI is InChI=1S/C24H23NO4/c26-21(13-14-25-23(27)19-11-5-6-12-20(19)24(25)28)29-22-17-9-3-1-7-15(17)16-8-2-4-10-18(16)22/h1-4,7-10,19-20,22H,5-6,11-14H2/t19-,20-/m1/s1. The normalized spacial score (nSPS) is 23.0. The lowest BCUT2D eigenvalue weighted by Gasteiger charge is -2.19. The zero-order valence-electron chi connectivity index (χ0n) is 16.2. The van der Waals surface area contributed by atoms with Crippen LogP contribution >= 0.6 is 0 Å². The van der Waals surface area contributed by atoms with Crippen LogP contribution in [0.25, 0.3) is 11.1 Å². The Bertz CT molecular complexity index is 928. The lowest BCUT2D eigenvalue weighted by molar-refractivity contribution is -0.148. The van der Waals surface area contributed by atoms with Crippen LogP contribution in [0.4, 0.5) is 0 Å². The molecular formula is C24H23NO4. The summed E-state index contributed by atoms with van der Waals surface area (Å²) in [6.07, 6.45) is 3.14. The molecule has 0 radical (unpaired) electrons. The van der Waals surface area contributed by atoms with Crippen LogP contribution in [-0.2, 0) is 19.1 Å². The first-order valence-corrected chi connectivity index (χ1v) is 10.4. The smallest absolute Gasteiger partial charge is 0.308 e. The summed E-state index contributed by atoms with van der Waals surface area (Å²) in [5.41, 5.74) is 4.10. The molecule has 2 amide bonds. The Labute approximate surface area is 169 Å². The van der Waals surface area contributed by atoms with Crippen molar-refractivity contribution in [3.8, 4) is 11.1 Å². The molecule has 1 saturated carbocycles. The van der Waals surface area contributed by atoms with Gasteiger partial charge in [-0.1, -0.05) is 61.4 Å². The summed E-state index contributed by atoms with van der Waals surface area (Å²) in [4.78, 5) is 39.1. The Kier molecular flexibility index (Phi) is 4.46. The van der Waals surface area contributed by atoms with Crippen LogP contribution in [-0.4, -0.2) is 29.2 Å². The Hall–Kier alpha value is -2.95. The van der Waals surface area contributed by atoms with E-state index in [0.29, 0.717) is 0 Å². The number of fused-ring (bicyclic) bond motifs is 4. The number of benzene rings is 2. The maximum absolute atomic E-state index is 12.6. The van der Waals surface area contributed by atoms with Crippen molar-refractivity contribution in [2.75, 3.05) is 6.54 Å². The fraction of sp³-hybridized carbons (Fsp3) is 0.375. The largest absolute Gasteiger partial charge is 0.452 e. The van der Waals surface area contributed by atoms with Gasteiger partial charge in [-0.3, -0.25) is 19.3 Å². The van der Waals surface area contributed by atoms with Gasteiger partial charge in [0.05, 0.1) is 18.3 Å². The van der Waals surface area contributed by atoms with Crippen LogP contribution in [0.3, 0.4) is 0 Å². The van der Waals surface area contributed by atoms with E-state index in [1.54, 1.807) is 0 Å². The summed E-state index contributed by atoms with van der Waals surface area (Å²) in [6.45, 7) is 0.111.